The third-order valence-corrected chi connectivity index (χ3v) is 17.8. The number of carbonyl (C=O) groups is 6. The van der Waals surface area contributed by atoms with Gasteiger partial charge in [-0.15, -0.1) is 0 Å². The van der Waals surface area contributed by atoms with Crippen LogP contribution >= 0.6 is 69.6 Å². The molecule has 0 atom stereocenters. The number of morpholine rings is 1. The maximum absolute atomic E-state index is 13.1. The number of aromatic nitrogens is 3. The van der Waals surface area contributed by atoms with Gasteiger partial charge in [-0.25, -0.2) is 15.0 Å². The predicted molar refractivity (Wildman–Crippen MR) is 414 cm³/mol. The van der Waals surface area contributed by atoms with Crippen LogP contribution in [0, 0.1) is 10.8 Å². The van der Waals surface area contributed by atoms with Gasteiger partial charge in [0, 0.05) is 125 Å². The molecule has 0 spiro atoms. The third kappa shape index (κ3) is 20.3. The number of pyridine rings is 3. The van der Waals surface area contributed by atoms with E-state index in [0.29, 0.717) is 81.1 Å². The highest BCUT2D eigenvalue weighted by Crippen LogP contribution is 2.37. The van der Waals surface area contributed by atoms with Crippen LogP contribution in [0.25, 0.3) is 0 Å². The molecule has 2 fully saturated rings. The van der Waals surface area contributed by atoms with Crippen molar-refractivity contribution in [3.05, 3.63) is 244 Å². The van der Waals surface area contributed by atoms with Gasteiger partial charge in [-0.3, -0.25) is 44.6 Å². The summed E-state index contributed by atoms with van der Waals surface area (Å²) in [4.78, 5) is 101. The summed E-state index contributed by atoms with van der Waals surface area (Å²) in [5, 5.41) is 35.3. The fourth-order valence-electron chi connectivity index (χ4n) is 11.1. The molecular formula is C75H69Cl6N15O10. The lowest BCUT2D eigenvalue weighted by atomic mass is 10.1. The average molecular weight is 1550 g/mol. The number of likely N-dealkylation sites (N-methyl/N-ethyl adjacent to an activating group) is 1. The van der Waals surface area contributed by atoms with Crippen molar-refractivity contribution >= 4 is 157 Å². The first-order valence-electron chi connectivity index (χ1n) is 32.7. The number of halogens is 6. The van der Waals surface area contributed by atoms with Crippen LogP contribution in [-0.2, 0) is 4.74 Å². The number of methoxy groups -OCH3 is 3. The molecule has 0 unspecified atom stereocenters. The number of rotatable bonds is 18. The summed E-state index contributed by atoms with van der Waals surface area (Å²) >= 11 is 36.2. The smallest absolute Gasteiger partial charge is 0.259 e. The van der Waals surface area contributed by atoms with Crippen LogP contribution in [0.5, 0.6) is 17.2 Å². The average Bonchev–Trinajstić information content (AvgIpc) is 1.05. The van der Waals surface area contributed by atoms with Gasteiger partial charge in [0.05, 0.1) is 89.9 Å². The maximum Gasteiger partial charge on any atom is 0.259 e. The second-order valence-corrected chi connectivity index (χ2v) is 26.2. The Morgan fingerprint density at radius 1 is 0.396 bits per heavy atom. The molecule has 0 radical (unpaired) electrons. The first-order valence-corrected chi connectivity index (χ1v) is 35.0. The zero-order valence-corrected chi connectivity index (χ0v) is 61.9. The van der Waals surface area contributed by atoms with Crippen LogP contribution in [0.2, 0.25) is 30.1 Å². The fraction of sp³-hybridized carbons (Fsp3) is 0.200. The second-order valence-electron chi connectivity index (χ2n) is 23.6. The molecule has 6 aromatic carbocycles. The quantitative estimate of drug-likeness (QED) is 0.0292. The first kappa shape index (κ1) is 77.7. The van der Waals surface area contributed by atoms with Gasteiger partial charge in [0.2, 0.25) is 0 Å². The Kier molecular flexibility index (Phi) is 26.9. The fourth-order valence-corrected chi connectivity index (χ4v) is 12.0. The standard InChI is InChI=1S/C26H25Cl2N5O3.C25H23Cl2N5O4.C24H21Cl2N5O3/c1-36-21-14-19(28)13-20(26(35)31-22-10-9-18(27)15-30-22)23(21)32-25(34)17-7-5-16(6-8-17)24(29)33-11-3-2-4-12-33;1-35-20-13-18(27)12-19(25(34)30-21-7-6-17(26)14-29-21)22(20)31-24(33)16-4-2-15(3-5-16)23(28)32-8-10-36-11-9-32;1-31-10-9-27-22(31)14-3-5-15(6-4-14)23(32)30-21-18(11-17(26)12-19(21)34-2)24(33)29-20-8-7-16(25)13-28-20/h5-10,13-15,29H,2-4,11-12H2,1H3,(H,32,34)(H,30,31,35);2-7,12-14,28H,8-11H2,1H3,(H,31,33)(H,29,30,34);3-8,11-13H,9-10H2,1-2H3,(H,30,32)(H,28,29,33). The van der Waals surface area contributed by atoms with E-state index in [1.165, 1.54) is 82.7 Å². The van der Waals surface area contributed by atoms with E-state index in [1.54, 1.807) is 97.1 Å². The number of carbonyl (C=O) groups excluding carboxylic acids is 6. The number of benzene rings is 6. The number of likely N-dealkylation sites (tertiary alicyclic amines) is 1. The Hall–Kier alpha value is -10.9. The highest BCUT2D eigenvalue weighted by atomic mass is 35.5. The van der Waals surface area contributed by atoms with Crippen molar-refractivity contribution in [2.24, 2.45) is 4.99 Å². The molecular weight excluding hydrogens is 1480 g/mol. The highest BCUT2D eigenvalue weighted by Gasteiger charge is 2.27. The summed E-state index contributed by atoms with van der Waals surface area (Å²) in [6.45, 7) is 5.81. The third-order valence-electron chi connectivity index (χ3n) is 16.5. The summed E-state index contributed by atoms with van der Waals surface area (Å²) in [7, 11) is 6.24. The molecule has 3 aliphatic rings. The van der Waals surface area contributed by atoms with Crippen LogP contribution in [0.1, 0.15) is 98.1 Å². The van der Waals surface area contributed by atoms with Crippen LogP contribution in [0.4, 0.5) is 34.5 Å². The van der Waals surface area contributed by atoms with Gasteiger partial charge in [-0.1, -0.05) is 106 Å². The van der Waals surface area contributed by atoms with E-state index in [0.717, 1.165) is 56.0 Å². The Labute approximate surface area is 639 Å². The molecule has 0 aliphatic carbocycles. The van der Waals surface area contributed by atoms with Crippen molar-refractivity contribution in [1.29, 1.82) is 10.8 Å². The van der Waals surface area contributed by atoms with Gasteiger partial charge in [-0.2, -0.15) is 0 Å². The minimum Gasteiger partial charge on any atom is -0.494 e. The van der Waals surface area contributed by atoms with E-state index in [2.05, 4.69) is 61.6 Å². The lowest BCUT2D eigenvalue weighted by molar-refractivity contribution is 0.0680. The molecule has 31 heteroatoms. The van der Waals surface area contributed by atoms with Gasteiger partial charge in [0.1, 0.15) is 52.2 Å². The van der Waals surface area contributed by atoms with Gasteiger partial charge < -0.3 is 65.5 Å². The van der Waals surface area contributed by atoms with Crippen LogP contribution in [0.15, 0.2) is 169 Å². The van der Waals surface area contributed by atoms with E-state index >= 15 is 0 Å². The van der Waals surface area contributed by atoms with Crippen molar-refractivity contribution in [2.45, 2.75) is 19.3 Å². The minimum absolute atomic E-state index is 0.0927. The molecule has 546 valence electrons. The number of nitrogens with one attached hydrogen (secondary N) is 8. The Bertz CT molecular complexity index is 4560. The Balaban J connectivity index is 0.000000170. The molecule has 6 heterocycles. The molecule has 106 heavy (non-hydrogen) atoms. The summed E-state index contributed by atoms with van der Waals surface area (Å²) < 4.78 is 21.5. The monoisotopic (exact) mass is 1550 g/mol. The molecule has 25 nitrogen and oxygen atoms in total. The highest BCUT2D eigenvalue weighted by molar-refractivity contribution is 6.34. The lowest BCUT2D eigenvalue weighted by Gasteiger charge is -2.29. The van der Waals surface area contributed by atoms with Crippen molar-refractivity contribution in [1.82, 2.24) is 29.7 Å². The molecule has 0 saturated carbocycles. The number of hydrogen-bond donors (Lipinski definition) is 8. The number of amides is 6. The Morgan fingerprint density at radius 2 is 0.726 bits per heavy atom. The van der Waals surface area contributed by atoms with Gasteiger partial charge in [0.15, 0.2) is 0 Å². The van der Waals surface area contributed by atoms with E-state index in [9.17, 15) is 28.8 Å². The second kappa shape index (κ2) is 36.7. The molecule has 3 aliphatic heterocycles. The van der Waals surface area contributed by atoms with E-state index in [-0.39, 0.29) is 77.7 Å². The summed E-state index contributed by atoms with van der Waals surface area (Å²) in [6.07, 6.45) is 7.57. The SMILES string of the molecule is COc1cc(Cl)cc(C(=O)Nc2ccc(Cl)cn2)c1NC(=O)c1ccc(C(=N)N2CCCCC2)cc1.COc1cc(Cl)cc(C(=O)Nc2ccc(Cl)cn2)c1NC(=O)c1ccc(C(=N)N2CCOCC2)cc1.COc1cc(Cl)cc(C(=O)Nc2ccc(Cl)cn2)c1NC(=O)c1ccc(C2=NCCN2C)cc1. The van der Waals surface area contributed by atoms with E-state index in [1.807, 2.05) is 24.1 Å². The number of hydrogen-bond acceptors (Lipinski definition) is 17. The number of amidine groups is 3. The summed E-state index contributed by atoms with van der Waals surface area (Å²) in [5.74, 6) is 0.350. The van der Waals surface area contributed by atoms with E-state index < -0.39 is 35.4 Å². The molecule has 8 N–H and O–H groups in total. The van der Waals surface area contributed by atoms with Crippen molar-refractivity contribution < 1.29 is 47.7 Å². The summed E-state index contributed by atoms with van der Waals surface area (Å²) in [6, 6.07) is 38.9. The zero-order chi connectivity index (χ0) is 75.6. The molecule has 12 rings (SSSR count). The van der Waals surface area contributed by atoms with Crippen molar-refractivity contribution in [2.75, 3.05) is 113 Å². The number of piperidine rings is 1. The number of aliphatic imine (C=N–C) groups is 1. The van der Waals surface area contributed by atoms with Gasteiger partial charge in [0.25, 0.3) is 35.4 Å². The molecule has 2 saturated heterocycles. The topological polar surface area (TPSA) is 320 Å². The van der Waals surface area contributed by atoms with Gasteiger partial charge in [-0.05, 0) is 110 Å². The zero-order valence-electron chi connectivity index (χ0n) is 57.3. The van der Waals surface area contributed by atoms with Crippen molar-refractivity contribution in [3.8, 4) is 17.2 Å². The van der Waals surface area contributed by atoms with Crippen molar-refractivity contribution in [3.63, 3.8) is 0 Å². The largest absolute Gasteiger partial charge is 0.494 e. The summed E-state index contributed by atoms with van der Waals surface area (Å²) in [5.41, 5.74) is 4.31. The molecule has 9 aromatic rings. The van der Waals surface area contributed by atoms with Gasteiger partial charge >= 0.3 is 0 Å². The Morgan fingerprint density at radius 3 is 1.04 bits per heavy atom. The molecule has 3 aromatic heterocycles. The minimum atomic E-state index is -0.546. The normalized spacial score (nSPS) is 13.0. The molecule has 0 bridgehead atoms. The number of anilines is 6. The van der Waals surface area contributed by atoms with E-state index in [4.69, 9.17) is 99.4 Å². The first-order chi connectivity index (χ1) is 51.1. The van der Waals surface area contributed by atoms with Crippen LogP contribution in [-0.4, -0.2) is 163 Å². The lowest BCUT2D eigenvalue weighted by Crippen LogP contribution is -2.40. The molecule has 6 amide bonds. The van der Waals surface area contributed by atoms with Crippen LogP contribution < -0.4 is 46.1 Å². The number of nitrogens with zero attached hydrogens (tertiary/aromatic N) is 7. The maximum atomic E-state index is 13.1. The predicted octanol–water partition coefficient (Wildman–Crippen LogP) is 14.9. The van der Waals surface area contributed by atoms with Crippen LogP contribution in [0.3, 0.4) is 0 Å². The number of ether oxygens (including phenoxy) is 4.